The van der Waals surface area contributed by atoms with Crippen LogP contribution in [0.2, 0.25) is 0 Å². The molecule has 1 fully saturated rings. The minimum Gasteiger partial charge on any atom is -0.493 e. The Morgan fingerprint density at radius 2 is 2.04 bits per heavy atom. The molecule has 6 nitrogen and oxygen atoms in total. The number of aliphatic imine (C=N–C) groups is 1. The third-order valence-electron chi connectivity index (χ3n) is 4.60. The predicted molar refractivity (Wildman–Crippen MR) is 105 cm³/mol. The minimum absolute atomic E-state index is 0.00486. The molecule has 0 aromatic heterocycles. The van der Waals surface area contributed by atoms with Gasteiger partial charge in [-0.3, -0.25) is 9.79 Å². The molecule has 144 valence electrons. The van der Waals surface area contributed by atoms with E-state index in [-0.39, 0.29) is 5.91 Å². The normalized spacial score (nSPS) is 14.7. The average Bonchev–Trinajstić information content (AvgIpc) is 3.44. The third kappa shape index (κ3) is 5.93. The molecule has 0 heterocycles. The van der Waals surface area contributed by atoms with E-state index in [1.54, 1.807) is 14.1 Å². The number of nitrogens with zero attached hydrogens (tertiary/aromatic N) is 1. The van der Waals surface area contributed by atoms with Crippen LogP contribution in [0.15, 0.2) is 23.2 Å². The van der Waals surface area contributed by atoms with Crippen molar-refractivity contribution in [3.05, 3.63) is 29.3 Å². The van der Waals surface area contributed by atoms with E-state index >= 15 is 0 Å². The Morgan fingerprint density at radius 1 is 1.31 bits per heavy atom. The lowest BCUT2D eigenvalue weighted by Gasteiger charge is -2.24. The number of nitrogens with one attached hydrogen (secondary N) is 3. The molecule has 0 aliphatic heterocycles. The summed E-state index contributed by atoms with van der Waals surface area (Å²) >= 11 is 0. The summed E-state index contributed by atoms with van der Waals surface area (Å²) in [7, 11) is 3.37. The van der Waals surface area contributed by atoms with Gasteiger partial charge in [-0.25, -0.2) is 0 Å². The Kier molecular flexibility index (Phi) is 6.89. The standard InChI is InChI=1S/C20H32N4O2/c1-14-6-9-16(17(10-14)26-12-15-7-8-15)11-23-19(22-5)24-13-20(2,3)18(25)21-4/h6,9-10,15H,7-8,11-13H2,1-5H3,(H,21,25)(H2,22,23,24). The van der Waals surface area contributed by atoms with Gasteiger partial charge >= 0.3 is 0 Å². The molecule has 1 amide bonds. The molecule has 0 bridgehead atoms. The predicted octanol–water partition coefficient (Wildman–Crippen LogP) is 2.22. The maximum atomic E-state index is 11.9. The van der Waals surface area contributed by atoms with Gasteiger partial charge in [0, 0.05) is 32.7 Å². The van der Waals surface area contributed by atoms with Crippen molar-refractivity contribution in [2.45, 2.75) is 40.2 Å². The molecule has 6 heteroatoms. The Balaban J connectivity index is 1.92. The van der Waals surface area contributed by atoms with E-state index in [4.69, 9.17) is 4.74 Å². The maximum absolute atomic E-state index is 11.9. The van der Waals surface area contributed by atoms with Crippen molar-refractivity contribution in [1.82, 2.24) is 16.0 Å². The van der Waals surface area contributed by atoms with E-state index < -0.39 is 5.41 Å². The summed E-state index contributed by atoms with van der Waals surface area (Å²) in [6.45, 7) is 7.77. The monoisotopic (exact) mass is 360 g/mol. The zero-order chi connectivity index (χ0) is 19.2. The van der Waals surface area contributed by atoms with Crippen LogP contribution in [0, 0.1) is 18.3 Å². The van der Waals surface area contributed by atoms with Gasteiger partial charge in [-0.05, 0) is 51.2 Å². The van der Waals surface area contributed by atoms with Crippen LogP contribution in [-0.2, 0) is 11.3 Å². The van der Waals surface area contributed by atoms with Gasteiger partial charge in [0.25, 0.3) is 0 Å². The molecule has 1 aliphatic rings. The molecule has 0 radical (unpaired) electrons. The van der Waals surface area contributed by atoms with Crippen LogP contribution in [0.1, 0.15) is 37.8 Å². The fraction of sp³-hybridized carbons (Fsp3) is 0.600. The number of hydrogen-bond donors (Lipinski definition) is 3. The van der Waals surface area contributed by atoms with Crippen molar-refractivity contribution in [2.75, 3.05) is 27.2 Å². The first-order chi connectivity index (χ1) is 12.4. The first-order valence-corrected chi connectivity index (χ1v) is 9.24. The number of benzene rings is 1. The molecule has 3 N–H and O–H groups in total. The molecule has 0 atom stereocenters. The molecule has 1 aromatic rings. The number of ether oxygens (including phenoxy) is 1. The van der Waals surface area contributed by atoms with E-state index in [1.807, 2.05) is 13.8 Å². The lowest BCUT2D eigenvalue weighted by molar-refractivity contribution is -0.128. The molecule has 26 heavy (non-hydrogen) atoms. The highest BCUT2D eigenvalue weighted by molar-refractivity contribution is 5.84. The van der Waals surface area contributed by atoms with Crippen LogP contribution in [0.3, 0.4) is 0 Å². The fourth-order valence-corrected chi connectivity index (χ4v) is 2.56. The lowest BCUT2D eigenvalue weighted by Crippen LogP contribution is -2.47. The number of hydrogen-bond acceptors (Lipinski definition) is 3. The first kappa shape index (κ1) is 20.1. The molecule has 0 unspecified atom stereocenters. The second-order valence-electron chi connectivity index (χ2n) is 7.61. The summed E-state index contributed by atoms with van der Waals surface area (Å²) in [5.74, 6) is 2.31. The Labute approximate surface area is 156 Å². The Bertz CT molecular complexity index is 651. The van der Waals surface area contributed by atoms with Crippen molar-refractivity contribution in [3.63, 3.8) is 0 Å². The topological polar surface area (TPSA) is 74.8 Å². The summed E-state index contributed by atoms with van der Waals surface area (Å²) in [5, 5.41) is 9.22. The number of rotatable bonds is 8. The van der Waals surface area contributed by atoms with Crippen LogP contribution < -0.4 is 20.7 Å². The van der Waals surface area contributed by atoms with E-state index in [2.05, 4.69) is 46.1 Å². The highest BCUT2D eigenvalue weighted by Crippen LogP contribution is 2.30. The minimum atomic E-state index is -0.519. The van der Waals surface area contributed by atoms with Gasteiger partial charge in [0.15, 0.2) is 5.96 Å². The smallest absolute Gasteiger partial charge is 0.227 e. The van der Waals surface area contributed by atoms with Gasteiger partial charge in [0.2, 0.25) is 5.91 Å². The average molecular weight is 361 g/mol. The van der Waals surface area contributed by atoms with E-state index in [9.17, 15) is 4.79 Å². The van der Waals surface area contributed by atoms with E-state index in [0.717, 1.165) is 23.8 Å². The molecule has 1 aromatic carbocycles. The van der Waals surface area contributed by atoms with E-state index in [0.29, 0.717) is 19.0 Å². The van der Waals surface area contributed by atoms with Gasteiger partial charge < -0.3 is 20.7 Å². The zero-order valence-electron chi connectivity index (χ0n) is 16.6. The number of amides is 1. The largest absolute Gasteiger partial charge is 0.493 e. The van der Waals surface area contributed by atoms with Crippen LogP contribution in [-0.4, -0.2) is 39.1 Å². The van der Waals surface area contributed by atoms with Crippen LogP contribution in [0.25, 0.3) is 0 Å². The molecular formula is C20H32N4O2. The van der Waals surface area contributed by atoms with Crippen LogP contribution in [0.4, 0.5) is 0 Å². The lowest BCUT2D eigenvalue weighted by atomic mass is 9.92. The number of aryl methyl sites for hydroxylation is 1. The Hall–Kier alpha value is -2.24. The van der Waals surface area contributed by atoms with Crippen molar-refractivity contribution < 1.29 is 9.53 Å². The van der Waals surface area contributed by atoms with Gasteiger partial charge in [-0.1, -0.05) is 12.1 Å². The molecule has 1 saturated carbocycles. The molecule has 0 saturated heterocycles. The number of carbonyl (C=O) groups excluding carboxylic acids is 1. The number of guanidine groups is 1. The van der Waals surface area contributed by atoms with Crippen molar-refractivity contribution in [3.8, 4) is 5.75 Å². The summed E-state index contributed by atoms with van der Waals surface area (Å²) in [4.78, 5) is 16.1. The van der Waals surface area contributed by atoms with Gasteiger partial charge in [0.1, 0.15) is 5.75 Å². The van der Waals surface area contributed by atoms with Gasteiger partial charge in [-0.2, -0.15) is 0 Å². The quantitative estimate of drug-likeness (QED) is 0.491. The first-order valence-electron chi connectivity index (χ1n) is 9.24. The second-order valence-corrected chi connectivity index (χ2v) is 7.61. The molecule has 0 spiro atoms. The van der Waals surface area contributed by atoms with Crippen molar-refractivity contribution in [1.29, 1.82) is 0 Å². The maximum Gasteiger partial charge on any atom is 0.227 e. The molecular weight excluding hydrogens is 328 g/mol. The highest BCUT2D eigenvalue weighted by atomic mass is 16.5. The second kappa shape index (κ2) is 8.92. The summed E-state index contributed by atoms with van der Waals surface area (Å²) < 4.78 is 6.01. The third-order valence-corrected chi connectivity index (χ3v) is 4.60. The summed E-state index contributed by atoms with van der Waals surface area (Å²) in [5.41, 5.74) is 1.77. The summed E-state index contributed by atoms with van der Waals surface area (Å²) in [6, 6.07) is 6.27. The zero-order valence-corrected chi connectivity index (χ0v) is 16.6. The highest BCUT2D eigenvalue weighted by Gasteiger charge is 2.26. The Morgan fingerprint density at radius 3 is 2.65 bits per heavy atom. The van der Waals surface area contributed by atoms with Crippen molar-refractivity contribution >= 4 is 11.9 Å². The molecule has 1 aliphatic carbocycles. The van der Waals surface area contributed by atoms with Crippen LogP contribution >= 0.6 is 0 Å². The van der Waals surface area contributed by atoms with E-state index in [1.165, 1.54) is 18.4 Å². The summed E-state index contributed by atoms with van der Waals surface area (Å²) in [6.07, 6.45) is 2.55. The SMILES string of the molecule is CN=C(NCc1ccc(C)cc1OCC1CC1)NCC(C)(C)C(=O)NC. The van der Waals surface area contributed by atoms with Gasteiger partial charge in [-0.15, -0.1) is 0 Å². The van der Waals surface area contributed by atoms with Gasteiger partial charge in [0.05, 0.1) is 12.0 Å². The fourth-order valence-electron chi connectivity index (χ4n) is 2.56. The number of carbonyl (C=O) groups is 1. The van der Waals surface area contributed by atoms with Crippen LogP contribution in [0.5, 0.6) is 5.75 Å². The van der Waals surface area contributed by atoms with Crippen molar-refractivity contribution in [2.24, 2.45) is 16.3 Å². The molecule has 2 rings (SSSR count).